The molecular formula is C35H64. The first-order valence-electron chi connectivity index (χ1n) is 15.8. The fourth-order valence-corrected chi connectivity index (χ4v) is 7.94. The number of fused-ring (bicyclic) bond motifs is 5. The van der Waals surface area contributed by atoms with E-state index in [1.807, 2.05) is 19.4 Å². The fraction of sp³-hybridized carbons (Fsp3) is 0.886. The number of hydrogen-bond donors (Lipinski definition) is 0. The van der Waals surface area contributed by atoms with Crippen LogP contribution in [-0.4, -0.2) is 0 Å². The largest absolute Gasteiger partial charge is 0.0683 e. The second kappa shape index (κ2) is 12.8. The van der Waals surface area contributed by atoms with Crippen molar-refractivity contribution in [2.45, 2.75) is 153 Å². The third-order valence-electron chi connectivity index (χ3n) is 10.6. The molecule has 0 aromatic rings. The zero-order valence-corrected chi connectivity index (χ0v) is 26.0. The second-order valence-electron chi connectivity index (χ2n) is 14.5. The quantitative estimate of drug-likeness (QED) is 0.329. The van der Waals surface area contributed by atoms with Gasteiger partial charge in [0.15, 0.2) is 0 Å². The molecule has 0 N–H and O–H groups in total. The Morgan fingerprint density at radius 3 is 2.20 bits per heavy atom. The van der Waals surface area contributed by atoms with Crippen molar-refractivity contribution < 1.29 is 0 Å². The minimum Gasteiger partial charge on any atom is -0.0683 e. The molecule has 0 amide bonds. The summed E-state index contributed by atoms with van der Waals surface area (Å²) in [4.78, 5) is 0. The molecule has 3 saturated carbocycles. The summed E-state index contributed by atoms with van der Waals surface area (Å²) in [6.07, 6.45) is 22.5. The highest BCUT2D eigenvalue weighted by atomic mass is 14.6. The van der Waals surface area contributed by atoms with Crippen LogP contribution in [0.25, 0.3) is 0 Å². The van der Waals surface area contributed by atoms with Gasteiger partial charge in [0.05, 0.1) is 0 Å². The van der Waals surface area contributed by atoms with Crippen molar-refractivity contribution in [3.05, 3.63) is 23.3 Å². The number of allylic oxidation sites excluding steroid dienone is 4. The molecule has 0 radical (unpaired) electrons. The second-order valence-corrected chi connectivity index (χ2v) is 14.5. The molecule has 3 fully saturated rings. The van der Waals surface area contributed by atoms with Crippen LogP contribution in [-0.2, 0) is 0 Å². The maximum atomic E-state index is 2.69. The molecule has 35 heavy (non-hydrogen) atoms. The molecule has 6 unspecified atom stereocenters. The van der Waals surface area contributed by atoms with Crippen molar-refractivity contribution in [3.63, 3.8) is 0 Å². The van der Waals surface area contributed by atoms with Gasteiger partial charge in [0.2, 0.25) is 0 Å². The first-order chi connectivity index (χ1) is 16.4. The molecule has 0 aromatic carbocycles. The third-order valence-corrected chi connectivity index (χ3v) is 10.6. The Bertz CT molecular complexity index is 703. The zero-order chi connectivity index (χ0) is 26.4. The van der Waals surface area contributed by atoms with Gasteiger partial charge in [0.25, 0.3) is 0 Å². The Balaban J connectivity index is 0.000000655. The summed E-state index contributed by atoms with van der Waals surface area (Å²) in [6, 6.07) is 0. The Hall–Kier alpha value is -0.520. The normalized spacial score (nSPS) is 35.9. The van der Waals surface area contributed by atoms with Gasteiger partial charge in [-0.05, 0) is 104 Å². The molecule has 4 rings (SSSR count). The van der Waals surface area contributed by atoms with Crippen LogP contribution in [0.1, 0.15) is 153 Å². The summed E-state index contributed by atoms with van der Waals surface area (Å²) in [5.74, 6) is 4.44. The monoisotopic (exact) mass is 485 g/mol. The lowest BCUT2D eigenvalue weighted by Crippen LogP contribution is -2.45. The van der Waals surface area contributed by atoms with Crippen LogP contribution < -0.4 is 0 Å². The van der Waals surface area contributed by atoms with Crippen molar-refractivity contribution >= 4 is 0 Å². The van der Waals surface area contributed by atoms with Crippen LogP contribution in [0.3, 0.4) is 0 Å². The van der Waals surface area contributed by atoms with Gasteiger partial charge in [0.1, 0.15) is 0 Å². The molecule has 4 aliphatic rings. The van der Waals surface area contributed by atoms with Gasteiger partial charge in [-0.1, -0.05) is 119 Å². The Labute approximate surface area is 222 Å². The van der Waals surface area contributed by atoms with E-state index < -0.39 is 0 Å². The van der Waals surface area contributed by atoms with E-state index in [-0.39, 0.29) is 0 Å². The fourth-order valence-electron chi connectivity index (χ4n) is 7.94. The molecule has 204 valence electrons. The average Bonchev–Trinajstić information content (AvgIpc) is 3.14. The standard InChI is InChI=1S/C29H48.C4H10.C2H6/c1-7-27(3,4)17-9-8-10-22-12-14-25-24-13-11-23-20-21(2)15-18-29(23,6)26(24)16-19-28(22,25)5;1-4(2)3;1-2/h11,13,21-22,25-26H,7-10,12,14-20H2,1-6H3;4H,1-3H3;1-2H3. The van der Waals surface area contributed by atoms with E-state index in [1.54, 1.807) is 5.57 Å². The van der Waals surface area contributed by atoms with Gasteiger partial charge < -0.3 is 0 Å². The van der Waals surface area contributed by atoms with E-state index >= 15 is 0 Å². The van der Waals surface area contributed by atoms with Gasteiger partial charge in [-0.3, -0.25) is 0 Å². The molecule has 0 heteroatoms. The molecule has 0 saturated heterocycles. The van der Waals surface area contributed by atoms with Crippen molar-refractivity contribution in [2.75, 3.05) is 0 Å². The highest BCUT2D eigenvalue weighted by Gasteiger charge is 2.55. The summed E-state index contributed by atoms with van der Waals surface area (Å²) in [6.45, 7) is 25.5. The van der Waals surface area contributed by atoms with Gasteiger partial charge in [-0.15, -0.1) is 0 Å². The molecule has 0 heterocycles. The molecule has 0 nitrogen and oxygen atoms in total. The van der Waals surface area contributed by atoms with Crippen LogP contribution in [0.4, 0.5) is 0 Å². The lowest BCUT2D eigenvalue weighted by molar-refractivity contribution is 0.0611. The third kappa shape index (κ3) is 7.08. The van der Waals surface area contributed by atoms with Crippen molar-refractivity contribution in [3.8, 4) is 0 Å². The molecule has 0 spiro atoms. The first-order valence-corrected chi connectivity index (χ1v) is 15.8. The number of rotatable bonds is 6. The lowest BCUT2D eigenvalue weighted by atomic mass is 9.50. The summed E-state index contributed by atoms with van der Waals surface area (Å²) in [5.41, 5.74) is 5.30. The first kappa shape index (κ1) is 30.7. The van der Waals surface area contributed by atoms with Gasteiger partial charge in [-0.2, -0.15) is 0 Å². The van der Waals surface area contributed by atoms with Crippen LogP contribution in [0.15, 0.2) is 23.3 Å². The molecular weight excluding hydrogens is 420 g/mol. The van der Waals surface area contributed by atoms with E-state index in [1.165, 1.54) is 77.0 Å². The van der Waals surface area contributed by atoms with Gasteiger partial charge in [0, 0.05) is 0 Å². The van der Waals surface area contributed by atoms with Crippen molar-refractivity contribution in [1.29, 1.82) is 0 Å². The SMILES string of the molecule is CC.CC(C)C.CCC(C)(C)CCCCC1CCC2C3=CC=C4CC(C)CCC4(C)C3CCC12C. The lowest BCUT2D eigenvalue weighted by Gasteiger charge is -2.55. The Morgan fingerprint density at radius 1 is 0.914 bits per heavy atom. The summed E-state index contributed by atoms with van der Waals surface area (Å²) in [5, 5.41) is 0. The van der Waals surface area contributed by atoms with E-state index in [9.17, 15) is 0 Å². The van der Waals surface area contributed by atoms with E-state index in [0.717, 1.165) is 29.6 Å². The smallest absolute Gasteiger partial charge is 0.00474 e. The molecule has 0 aromatic heterocycles. The van der Waals surface area contributed by atoms with Crippen molar-refractivity contribution in [1.82, 2.24) is 0 Å². The van der Waals surface area contributed by atoms with Crippen LogP contribution >= 0.6 is 0 Å². The highest BCUT2D eigenvalue weighted by Crippen LogP contribution is 2.65. The highest BCUT2D eigenvalue weighted by molar-refractivity contribution is 5.38. The minimum absolute atomic E-state index is 0.488. The number of unbranched alkanes of at least 4 members (excludes halogenated alkanes) is 1. The molecule has 0 aliphatic heterocycles. The predicted molar refractivity (Wildman–Crippen MR) is 159 cm³/mol. The van der Waals surface area contributed by atoms with Crippen LogP contribution in [0.5, 0.6) is 0 Å². The maximum absolute atomic E-state index is 2.69. The van der Waals surface area contributed by atoms with E-state index in [0.29, 0.717) is 16.2 Å². The molecule has 4 aliphatic carbocycles. The van der Waals surface area contributed by atoms with E-state index in [4.69, 9.17) is 0 Å². The Kier molecular flexibility index (Phi) is 11.2. The predicted octanol–water partition coefficient (Wildman–Crippen LogP) is 11.8. The molecule has 0 bridgehead atoms. The van der Waals surface area contributed by atoms with Crippen molar-refractivity contribution in [2.24, 2.45) is 45.8 Å². The maximum Gasteiger partial charge on any atom is -0.00474 e. The van der Waals surface area contributed by atoms with Gasteiger partial charge in [-0.25, -0.2) is 0 Å². The van der Waals surface area contributed by atoms with Crippen LogP contribution in [0, 0.1) is 45.8 Å². The minimum atomic E-state index is 0.488. The summed E-state index contributed by atoms with van der Waals surface area (Å²) >= 11 is 0. The summed E-state index contributed by atoms with van der Waals surface area (Å²) in [7, 11) is 0. The average molecular weight is 485 g/mol. The van der Waals surface area contributed by atoms with Crippen LogP contribution in [0.2, 0.25) is 0 Å². The topological polar surface area (TPSA) is 0 Å². The zero-order valence-electron chi connectivity index (χ0n) is 26.0. The molecule has 6 atom stereocenters. The summed E-state index contributed by atoms with van der Waals surface area (Å²) < 4.78 is 0. The van der Waals surface area contributed by atoms with E-state index in [2.05, 4.69) is 74.5 Å². The van der Waals surface area contributed by atoms with Gasteiger partial charge >= 0.3 is 0 Å². The Morgan fingerprint density at radius 2 is 1.57 bits per heavy atom. The number of hydrogen-bond acceptors (Lipinski definition) is 0.